The number of nitrogens with two attached hydrogens (primary N) is 1. The Hall–Kier alpha value is -9.20. The molecule has 2 aromatic heterocycles. The number of H-pyrrole nitrogens is 2. The zero-order chi connectivity index (χ0) is 63.7. The molecule has 19 heteroatoms. The van der Waals surface area contributed by atoms with Crippen molar-refractivity contribution in [2.45, 2.75) is 90.5 Å². The highest BCUT2D eigenvalue weighted by molar-refractivity contribution is 6.10. The van der Waals surface area contributed by atoms with Crippen molar-refractivity contribution < 1.29 is 28.7 Å². The second-order valence-corrected chi connectivity index (χ2v) is 25.2. The van der Waals surface area contributed by atoms with E-state index >= 15 is 0 Å². The van der Waals surface area contributed by atoms with E-state index in [1.807, 2.05) is 61.5 Å². The van der Waals surface area contributed by atoms with E-state index in [2.05, 4.69) is 116 Å². The van der Waals surface area contributed by atoms with Gasteiger partial charge in [0.15, 0.2) is 5.78 Å². The number of hydrogen-bond donors (Lipinski definition) is 4. The number of aromatic amines is 2. The lowest BCUT2D eigenvalue weighted by atomic mass is 9.92. The summed E-state index contributed by atoms with van der Waals surface area (Å²) in [5, 5.41) is 2.98. The number of Topliss-reactive ketones (excluding diaryl/α,β-unsaturated/α-hetero) is 1. The number of carbonyl (C=O) groups is 4. The van der Waals surface area contributed by atoms with Crippen molar-refractivity contribution >= 4 is 79.7 Å². The van der Waals surface area contributed by atoms with Crippen molar-refractivity contribution in [1.82, 2.24) is 40.0 Å². The van der Waals surface area contributed by atoms with Crippen LogP contribution in [-0.2, 0) is 32.0 Å². The van der Waals surface area contributed by atoms with Crippen LogP contribution in [0.1, 0.15) is 93.9 Å². The number of aliphatic imine (C=N–C) groups is 2. The van der Waals surface area contributed by atoms with Crippen LogP contribution in [0.3, 0.4) is 0 Å². The van der Waals surface area contributed by atoms with Gasteiger partial charge in [-0.3, -0.25) is 29.2 Å². The van der Waals surface area contributed by atoms with E-state index in [0.717, 1.165) is 144 Å². The Kier molecular flexibility index (Phi) is 19.8. The average Bonchev–Trinajstić information content (AvgIpc) is 1.72. The number of amides is 3. The van der Waals surface area contributed by atoms with Gasteiger partial charge in [-0.15, -0.1) is 0 Å². The van der Waals surface area contributed by atoms with Gasteiger partial charge < -0.3 is 55.0 Å². The van der Waals surface area contributed by atoms with Gasteiger partial charge in [-0.05, 0) is 160 Å². The van der Waals surface area contributed by atoms with Gasteiger partial charge >= 0.3 is 0 Å². The molecule has 2 atom stereocenters. The smallest absolute Gasteiger partial charge is 0.223 e. The second kappa shape index (κ2) is 29.0. The molecule has 0 bridgehead atoms. The first-order valence-corrected chi connectivity index (χ1v) is 32.9. The molecule has 92 heavy (non-hydrogen) atoms. The first-order valence-electron chi connectivity index (χ1n) is 32.9. The lowest BCUT2D eigenvalue weighted by Crippen LogP contribution is -2.44. The maximum absolute atomic E-state index is 13.7. The third-order valence-electron chi connectivity index (χ3n) is 18.4. The summed E-state index contributed by atoms with van der Waals surface area (Å²) in [5.41, 5.74) is 22.5. The van der Waals surface area contributed by atoms with Gasteiger partial charge in [0.05, 0.1) is 64.1 Å². The molecule has 19 nitrogen and oxygen atoms in total. The van der Waals surface area contributed by atoms with E-state index in [1.165, 1.54) is 22.5 Å². The number of unbranched alkanes of at least 4 members (excludes halogenated alkanes) is 1. The minimum Gasteiger partial charge on any atom is -0.494 e. The summed E-state index contributed by atoms with van der Waals surface area (Å²) < 4.78 is 12.3. The number of fused-ring (bicyclic) bond motifs is 4. The average molecular weight is 1240 g/mol. The number of nitrogens with one attached hydrogen (secondary N) is 3. The summed E-state index contributed by atoms with van der Waals surface area (Å²) in [4.78, 5) is 90.9. The molecule has 12 rings (SSSR count). The third-order valence-corrected chi connectivity index (χ3v) is 18.4. The maximum atomic E-state index is 13.7. The van der Waals surface area contributed by atoms with Crippen molar-refractivity contribution in [3.63, 3.8) is 0 Å². The molecule has 0 spiro atoms. The summed E-state index contributed by atoms with van der Waals surface area (Å²) in [6, 6.07) is 40.7. The Morgan fingerprint density at radius 1 is 0.609 bits per heavy atom. The number of rotatable bonds is 28. The van der Waals surface area contributed by atoms with Crippen LogP contribution in [0.15, 0.2) is 131 Å². The van der Waals surface area contributed by atoms with Crippen LogP contribution in [-0.4, -0.2) is 168 Å². The highest BCUT2D eigenvalue weighted by Crippen LogP contribution is 2.37. The molecule has 2 fully saturated rings. The second-order valence-electron chi connectivity index (χ2n) is 25.2. The lowest BCUT2D eigenvalue weighted by molar-refractivity contribution is -0.140. The van der Waals surface area contributed by atoms with Gasteiger partial charge in [0.25, 0.3) is 0 Å². The predicted octanol–water partition coefficient (Wildman–Crippen LogP) is 10.6. The normalized spacial score (nSPS) is 15.7. The van der Waals surface area contributed by atoms with Gasteiger partial charge in [-0.1, -0.05) is 49.7 Å². The number of piperazine rings is 2. The molecule has 0 saturated carbocycles. The van der Waals surface area contributed by atoms with E-state index in [9.17, 15) is 19.2 Å². The van der Waals surface area contributed by atoms with Crippen LogP contribution < -0.4 is 30.3 Å². The zero-order valence-electron chi connectivity index (χ0n) is 53.5. The minimum absolute atomic E-state index is 0.0571. The summed E-state index contributed by atoms with van der Waals surface area (Å²) in [6.45, 7) is 13.5. The number of hydrogen-bond acceptors (Lipinski definition) is 14. The van der Waals surface area contributed by atoms with Gasteiger partial charge in [-0.2, -0.15) is 0 Å². The van der Waals surface area contributed by atoms with Crippen LogP contribution >= 0.6 is 0 Å². The molecule has 4 aliphatic heterocycles. The molecule has 8 aromatic rings. The topological polar surface area (TPSA) is 223 Å². The fourth-order valence-corrected chi connectivity index (χ4v) is 12.9. The minimum atomic E-state index is -0.721. The molecule has 0 radical (unpaired) electrons. The Bertz CT molecular complexity index is 4040. The number of primary amides is 1. The van der Waals surface area contributed by atoms with Crippen LogP contribution in [0, 0.1) is 5.92 Å². The maximum Gasteiger partial charge on any atom is 0.223 e. The van der Waals surface area contributed by atoms with E-state index in [1.54, 1.807) is 11.8 Å². The number of nitrogens with zero attached hydrogens (tertiary/aromatic N) is 9. The van der Waals surface area contributed by atoms with Crippen LogP contribution in [0.2, 0.25) is 0 Å². The molecule has 3 amide bonds. The third kappa shape index (κ3) is 15.2. The van der Waals surface area contributed by atoms with Crippen LogP contribution in [0.25, 0.3) is 44.8 Å². The summed E-state index contributed by atoms with van der Waals surface area (Å²) in [5.74, 6) is 1.22. The Labute approximate surface area is 538 Å². The number of carbonyl (C=O) groups excluding carboxylic acids is 4. The van der Waals surface area contributed by atoms with Crippen LogP contribution in [0.5, 0.6) is 11.5 Å². The van der Waals surface area contributed by atoms with Crippen molar-refractivity contribution in [3.8, 4) is 34.3 Å². The number of benzene rings is 6. The molecular weight excluding hydrogens is 1150 g/mol. The molecule has 6 heterocycles. The van der Waals surface area contributed by atoms with Gasteiger partial charge in [0, 0.05) is 126 Å². The number of ether oxygens (including phenoxy) is 2. The number of ketones is 1. The quantitative estimate of drug-likeness (QED) is 0.0336. The Balaban J connectivity index is 0.535. The number of imidazole rings is 2. The fourth-order valence-electron chi connectivity index (χ4n) is 12.9. The SMILES string of the molecule is CCCN(C(=O)CCCOc1cccc(-c2nc3ccc(-c4nc5ccc(N6CCN(C)CC6)cc5[nH]4)cc3[nH]2)c1)[C@@H](C)C(=O)C[C@H](CCCCNC(=O)CCCOc1cccc(C2=Nc3ccc(C4=Nc5cc(N6CCN(C)CC6)ccc5C4)cc3C2)c1)C(N)=O. The van der Waals surface area contributed by atoms with Gasteiger partial charge in [0.1, 0.15) is 23.1 Å². The summed E-state index contributed by atoms with van der Waals surface area (Å²) in [7, 11) is 4.34. The number of likely N-dealkylation sites (N-methyl/N-ethyl adjacent to an activating group) is 2. The summed E-state index contributed by atoms with van der Waals surface area (Å²) in [6.07, 6.45) is 5.25. The molecule has 2 saturated heterocycles. The molecular formula is C73H85N13O6. The van der Waals surface area contributed by atoms with Crippen molar-refractivity contribution in [2.24, 2.45) is 21.6 Å². The van der Waals surface area contributed by atoms with Crippen molar-refractivity contribution in [1.29, 1.82) is 0 Å². The molecule has 0 aliphatic carbocycles. The number of anilines is 2. The zero-order valence-corrected chi connectivity index (χ0v) is 53.5. The highest BCUT2D eigenvalue weighted by Gasteiger charge is 2.29. The first kappa shape index (κ1) is 63.0. The van der Waals surface area contributed by atoms with Crippen molar-refractivity contribution in [3.05, 3.63) is 144 Å². The summed E-state index contributed by atoms with van der Waals surface area (Å²) >= 11 is 0. The Morgan fingerprint density at radius 3 is 1.87 bits per heavy atom. The fraction of sp³-hybridized carbons (Fsp3) is 0.397. The van der Waals surface area contributed by atoms with Gasteiger partial charge in [-0.25, -0.2) is 9.97 Å². The largest absolute Gasteiger partial charge is 0.494 e. The Morgan fingerprint density at radius 2 is 1.18 bits per heavy atom. The molecule has 0 unspecified atom stereocenters. The van der Waals surface area contributed by atoms with E-state index < -0.39 is 17.9 Å². The molecule has 478 valence electrons. The highest BCUT2D eigenvalue weighted by atomic mass is 16.5. The van der Waals surface area contributed by atoms with Gasteiger partial charge in [0.2, 0.25) is 17.7 Å². The van der Waals surface area contributed by atoms with Crippen molar-refractivity contribution in [2.75, 3.05) is 103 Å². The standard InChI is InChI=1S/C73H85N13O6/c1-5-28-86(70(89)18-11-38-92-59-16-9-14-53(41-59)72-78-61-25-21-54(43-66(61)80-72)73-79-62-26-23-57(47-67(62)81-73)85-35-31-83(4)32-36-85)48(2)68(87)45-52(71(74)90)12-6-7-27-75-69(88)17-10-37-91-58-15-8-13-49(40-58)64-44-55-39-50(20-24-60(55)76-64)63-42-51-19-22-56(46-65(51)77-63)84-33-29-82(3)30-34-84/h8-9,13-16,19-26,39-41,43,46-48,52H,5-7,10-12,17-18,27-38,42,44-45H2,1-4H3,(H2,74,90)(H,75,88)(H,78,80)(H,79,81)/t48-,52-/m0/s1. The van der Waals surface area contributed by atoms with Crippen LogP contribution in [0.4, 0.5) is 22.7 Å². The van der Waals surface area contributed by atoms with E-state index in [0.29, 0.717) is 82.8 Å². The number of aromatic nitrogens is 4. The lowest BCUT2D eigenvalue weighted by Gasteiger charge is -2.34. The molecule has 6 aromatic carbocycles. The predicted molar refractivity (Wildman–Crippen MR) is 365 cm³/mol. The monoisotopic (exact) mass is 1240 g/mol. The first-order chi connectivity index (χ1) is 44.8. The molecule has 5 N–H and O–H groups in total. The van der Waals surface area contributed by atoms with E-state index in [-0.39, 0.29) is 30.4 Å². The molecule has 4 aliphatic rings. The van der Waals surface area contributed by atoms with E-state index in [4.69, 9.17) is 35.2 Å².